The van der Waals surface area contributed by atoms with Crippen molar-refractivity contribution in [3.63, 3.8) is 0 Å². The molecule has 3 N–H and O–H groups in total. The molecule has 16 heteroatoms. The van der Waals surface area contributed by atoms with E-state index in [1.807, 2.05) is 43.0 Å². The van der Waals surface area contributed by atoms with Gasteiger partial charge in [-0.15, -0.1) is 0 Å². The molecule has 362 valence electrons. The average molecular weight is 990 g/mol. The Morgan fingerprint density at radius 2 is 1.59 bits per heavy atom. The number of nitrogens with one attached hydrogen (secondary N) is 2. The van der Waals surface area contributed by atoms with Gasteiger partial charge in [-0.05, 0) is 118 Å². The molecule has 8 heterocycles. The van der Waals surface area contributed by atoms with E-state index in [9.17, 15) is 19.5 Å². The van der Waals surface area contributed by atoms with E-state index in [0.29, 0.717) is 75.5 Å². The van der Waals surface area contributed by atoms with Crippen LogP contribution in [0.4, 0.5) is 28.1 Å². The predicted octanol–water partition coefficient (Wildman–Crippen LogP) is 8.08. The van der Waals surface area contributed by atoms with Crippen LogP contribution in [0.25, 0.3) is 5.57 Å². The normalized spacial score (nSPS) is 17.0. The van der Waals surface area contributed by atoms with E-state index < -0.39 is 5.97 Å². The van der Waals surface area contributed by atoms with Gasteiger partial charge in [-0.25, -0.2) is 24.3 Å². The molecule has 1 fully saturated rings. The van der Waals surface area contributed by atoms with E-state index in [2.05, 4.69) is 47.1 Å². The van der Waals surface area contributed by atoms with Crippen LogP contribution in [-0.4, -0.2) is 95.1 Å². The zero-order chi connectivity index (χ0) is 48.5. The van der Waals surface area contributed by atoms with Crippen molar-refractivity contribution < 1.29 is 24.2 Å². The van der Waals surface area contributed by atoms with Gasteiger partial charge in [-0.1, -0.05) is 35.1 Å². The molecule has 12 rings (SSSR count). The lowest BCUT2D eigenvalue weighted by Gasteiger charge is -2.36. The van der Waals surface area contributed by atoms with Crippen molar-refractivity contribution in [1.82, 2.24) is 24.4 Å². The molecule has 0 saturated carbocycles. The van der Waals surface area contributed by atoms with Crippen LogP contribution in [-0.2, 0) is 25.7 Å². The largest absolute Gasteiger partial charge is 0.478 e. The number of para-hydroxylation sites is 1. The second-order valence-corrected chi connectivity index (χ2v) is 21.0. The lowest BCUT2D eigenvalue weighted by atomic mass is 9.82. The van der Waals surface area contributed by atoms with Crippen molar-refractivity contribution in [2.45, 2.75) is 78.1 Å². The third kappa shape index (κ3) is 8.26. The number of carboxylic acids is 1. The van der Waals surface area contributed by atoms with Crippen molar-refractivity contribution in [1.29, 1.82) is 0 Å². The number of carboxylic acid groups (broad SMARTS) is 1. The van der Waals surface area contributed by atoms with E-state index in [1.54, 1.807) is 18.2 Å². The molecule has 6 aliphatic rings. The Hall–Kier alpha value is -6.84. The van der Waals surface area contributed by atoms with E-state index in [4.69, 9.17) is 21.3 Å². The van der Waals surface area contributed by atoms with Crippen molar-refractivity contribution in [2.75, 3.05) is 72.8 Å². The number of ether oxygens (including phenoxy) is 1. The predicted molar refractivity (Wildman–Crippen MR) is 277 cm³/mol. The van der Waals surface area contributed by atoms with Crippen LogP contribution in [0.2, 0.25) is 5.02 Å². The Bertz CT molecular complexity index is 3340. The lowest BCUT2D eigenvalue weighted by molar-refractivity contribution is 0.0693. The SMILES string of the molecule is Cc1nc(Nc2ncc(C(=O)Nc3c(C)cccc3Cl)s2)cc(N2CCN(C(=O)c3ccc(C(=O)O)c(C4=c5cc6c7c(c5Oc5c4cc4c8c5CCCN8CCCC4)CCC[N+]=7CCCC6)c3)CC2)n1. The number of hydrogen-bond acceptors (Lipinski definition) is 11. The summed E-state index contributed by atoms with van der Waals surface area (Å²) >= 11 is 7.56. The number of benzene rings is 4. The monoisotopic (exact) mass is 988 g/mol. The molecule has 1 saturated heterocycles. The van der Waals surface area contributed by atoms with E-state index in [-0.39, 0.29) is 17.4 Å². The Morgan fingerprint density at radius 1 is 0.789 bits per heavy atom. The molecule has 4 aromatic carbocycles. The van der Waals surface area contributed by atoms with E-state index in [1.165, 1.54) is 50.8 Å². The molecule has 0 unspecified atom stereocenters. The first-order valence-electron chi connectivity index (χ1n) is 25.1. The lowest BCUT2D eigenvalue weighted by Crippen LogP contribution is -2.49. The summed E-state index contributed by atoms with van der Waals surface area (Å²) in [5.74, 6) is 2.01. The number of carbonyl (C=O) groups is 3. The van der Waals surface area contributed by atoms with Crippen LogP contribution in [0.15, 0.2) is 60.8 Å². The molecule has 0 aliphatic carbocycles. The Kier molecular flexibility index (Phi) is 11.7. The molecule has 6 aliphatic heterocycles. The minimum Gasteiger partial charge on any atom is -0.478 e. The summed E-state index contributed by atoms with van der Waals surface area (Å²) < 4.78 is 9.87. The number of aromatic nitrogens is 3. The number of piperazine rings is 1. The summed E-state index contributed by atoms with van der Waals surface area (Å²) in [6, 6.07) is 17.1. The number of amides is 2. The first-order valence-corrected chi connectivity index (χ1v) is 26.3. The van der Waals surface area contributed by atoms with Gasteiger partial charge >= 0.3 is 5.97 Å². The van der Waals surface area contributed by atoms with Gasteiger partial charge in [0.25, 0.3) is 11.8 Å². The maximum Gasteiger partial charge on any atom is 0.336 e. The maximum absolute atomic E-state index is 14.7. The number of hydrogen-bond donors (Lipinski definition) is 3. The summed E-state index contributed by atoms with van der Waals surface area (Å²) in [6.07, 6.45) is 11.7. The zero-order valence-corrected chi connectivity index (χ0v) is 41.6. The molecule has 0 spiro atoms. The van der Waals surface area contributed by atoms with E-state index in [0.717, 1.165) is 124 Å². The summed E-state index contributed by atoms with van der Waals surface area (Å²) in [7, 11) is 0. The van der Waals surface area contributed by atoms with Crippen LogP contribution < -0.4 is 40.3 Å². The third-order valence-corrected chi connectivity index (χ3v) is 16.3. The molecule has 0 radical (unpaired) electrons. The molecule has 71 heavy (non-hydrogen) atoms. The van der Waals surface area contributed by atoms with Crippen molar-refractivity contribution in [3.8, 4) is 11.5 Å². The van der Waals surface area contributed by atoms with Crippen molar-refractivity contribution in [3.05, 3.63) is 137 Å². The number of aryl methyl sites for hydroxylation is 4. The molecular formula is C55H55ClN9O5S+. The average Bonchev–Trinajstić information content (AvgIpc) is 3.61. The van der Waals surface area contributed by atoms with Crippen LogP contribution >= 0.6 is 22.9 Å². The molecule has 0 atom stereocenters. The van der Waals surface area contributed by atoms with Gasteiger partial charge in [-0.3, -0.25) is 9.59 Å². The van der Waals surface area contributed by atoms with Gasteiger partial charge < -0.3 is 35.2 Å². The molecule has 6 aromatic rings. The zero-order valence-electron chi connectivity index (χ0n) is 40.0. The van der Waals surface area contributed by atoms with Crippen LogP contribution in [0.3, 0.4) is 0 Å². The molecule has 14 nitrogen and oxygen atoms in total. The highest BCUT2D eigenvalue weighted by Crippen LogP contribution is 2.49. The van der Waals surface area contributed by atoms with Gasteiger partial charge in [0.15, 0.2) is 5.13 Å². The topological polar surface area (TPSA) is 156 Å². The van der Waals surface area contributed by atoms with Gasteiger partial charge in [0.2, 0.25) is 5.36 Å². The fourth-order valence-electron chi connectivity index (χ4n) is 11.8. The molecule has 0 bridgehead atoms. The minimum absolute atomic E-state index is 0.147. The second-order valence-electron chi connectivity index (χ2n) is 19.6. The maximum atomic E-state index is 14.7. The van der Waals surface area contributed by atoms with E-state index >= 15 is 0 Å². The van der Waals surface area contributed by atoms with Crippen molar-refractivity contribution >= 4 is 74.4 Å². The number of anilines is 5. The van der Waals surface area contributed by atoms with Crippen LogP contribution in [0.1, 0.15) is 114 Å². The summed E-state index contributed by atoms with van der Waals surface area (Å²) in [4.78, 5) is 62.0. The number of halogens is 1. The standard InChI is InChI=1S/C55H54ClN9O5S/c1-31-10-7-15-42(56)47(31)61-52(66)43-30-57-55(71-43)60-44-29-45(59-32(2)58-44)62-22-24-65(25-23-62)53(67)35-16-17-36(54(68)69)39(28-35)46-40-26-33-11-3-5-18-63-20-8-13-37(48(33)63)50(40)70-51-38-14-9-21-64-19-6-4-12-34(49(38)64)27-41(46)51/h7,10,15-17,26-30H,3-6,8-9,11-14,18-25H2,1-2H3,(H2-,57,58,59,60,61,66,68,69)/p+1. The summed E-state index contributed by atoms with van der Waals surface area (Å²) in [6.45, 7) is 9.75. The number of carbonyl (C=O) groups excluding carboxylic acids is 2. The number of fused-ring (bicyclic) bond motifs is 4. The first kappa shape index (κ1) is 45.3. The van der Waals surface area contributed by atoms with Crippen molar-refractivity contribution in [2.24, 2.45) is 0 Å². The van der Waals surface area contributed by atoms with Gasteiger partial charge in [-0.2, -0.15) is 0 Å². The highest BCUT2D eigenvalue weighted by Gasteiger charge is 2.37. The Balaban J connectivity index is 0.853. The molecule has 2 amide bonds. The summed E-state index contributed by atoms with van der Waals surface area (Å²) in [5, 5.41) is 20.3. The van der Waals surface area contributed by atoms with Crippen LogP contribution in [0, 0.1) is 13.8 Å². The second kappa shape index (κ2) is 18.4. The smallest absolute Gasteiger partial charge is 0.336 e. The number of nitrogens with zero attached hydrogens (tertiary/aromatic N) is 7. The fraction of sp³-hybridized carbons (Fsp3) is 0.364. The highest BCUT2D eigenvalue weighted by atomic mass is 35.5. The Labute approximate surface area is 420 Å². The number of aromatic carboxylic acids is 1. The van der Waals surface area contributed by atoms with Gasteiger partial charge in [0.05, 0.1) is 28.0 Å². The number of rotatable bonds is 8. The molecule has 2 aromatic heterocycles. The molecular weight excluding hydrogens is 934 g/mol. The third-order valence-electron chi connectivity index (χ3n) is 15.1. The quantitative estimate of drug-likeness (QED) is 0.127. The fourth-order valence-corrected chi connectivity index (χ4v) is 12.8. The van der Waals surface area contributed by atoms with Crippen LogP contribution in [0.5, 0.6) is 11.5 Å². The van der Waals surface area contributed by atoms with Gasteiger partial charge in [0, 0.05) is 96.9 Å². The first-order chi connectivity index (χ1) is 34.6. The number of thiazole rings is 1. The minimum atomic E-state index is -1.03. The van der Waals surface area contributed by atoms with Gasteiger partial charge in [0.1, 0.15) is 46.9 Å². The highest BCUT2D eigenvalue weighted by molar-refractivity contribution is 7.17. The summed E-state index contributed by atoms with van der Waals surface area (Å²) in [5.41, 5.74) is 10.8. The Morgan fingerprint density at radius 3 is 2.44 bits per heavy atom.